The van der Waals surface area contributed by atoms with Crippen LogP contribution in [0.5, 0.6) is 5.75 Å². The molecule has 0 aliphatic rings. The van der Waals surface area contributed by atoms with Crippen LogP contribution in [-0.2, 0) is 6.42 Å². The van der Waals surface area contributed by atoms with Crippen LogP contribution in [0.15, 0.2) is 40.7 Å². The van der Waals surface area contributed by atoms with Gasteiger partial charge in [0.15, 0.2) is 5.82 Å². The van der Waals surface area contributed by atoms with E-state index < -0.39 is 6.09 Å². The minimum absolute atomic E-state index is 0.380. The molecule has 5 aromatic rings. The van der Waals surface area contributed by atoms with Crippen LogP contribution in [0.2, 0.25) is 0 Å². The van der Waals surface area contributed by atoms with Gasteiger partial charge in [-0.2, -0.15) is 10.4 Å². The Bertz CT molecular complexity index is 1370. The zero-order chi connectivity index (χ0) is 23.3. The number of ether oxygens (including phenoxy) is 1. The average molecular weight is 496 g/mol. The van der Waals surface area contributed by atoms with Crippen LogP contribution in [0.4, 0.5) is 10.6 Å². The van der Waals surface area contributed by atoms with Gasteiger partial charge in [-0.25, -0.2) is 14.8 Å². The Hall–Kier alpha value is -3.98. The van der Waals surface area contributed by atoms with E-state index in [9.17, 15) is 4.79 Å². The van der Waals surface area contributed by atoms with Gasteiger partial charge in [0.25, 0.3) is 0 Å². The van der Waals surface area contributed by atoms with Crippen molar-refractivity contribution >= 4 is 46.2 Å². The van der Waals surface area contributed by atoms with E-state index in [2.05, 4.69) is 63.8 Å². The summed E-state index contributed by atoms with van der Waals surface area (Å²) in [6.07, 6.45) is 1.53. The summed E-state index contributed by atoms with van der Waals surface area (Å²) in [6.45, 7) is 0.392. The number of rotatable bonds is 8. The lowest BCUT2D eigenvalue weighted by Crippen LogP contribution is -2.35. The highest BCUT2D eigenvalue weighted by atomic mass is 32.2. The molecule has 4 heterocycles. The number of hydrogen-bond donors (Lipinski definition) is 3. The van der Waals surface area contributed by atoms with Crippen molar-refractivity contribution in [3.8, 4) is 17.1 Å². The predicted octanol–water partition coefficient (Wildman–Crippen LogP) is 2.70. The number of aryl methyl sites for hydroxylation is 1. The van der Waals surface area contributed by atoms with Gasteiger partial charge in [0.05, 0.1) is 0 Å². The van der Waals surface area contributed by atoms with Gasteiger partial charge in [-0.15, -0.1) is 33.0 Å². The van der Waals surface area contributed by atoms with Crippen molar-refractivity contribution < 1.29 is 9.53 Å². The fraction of sp³-hybridized carbons (Fsp3) is 0.211. The van der Waals surface area contributed by atoms with E-state index in [-0.39, 0.29) is 0 Å². The van der Waals surface area contributed by atoms with Crippen molar-refractivity contribution in [3.05, 3.63) is 42.2 Å². The highest BCUT2D eigenvalue weighted by Crippen LogP contribution is 2.26. The van der Waals surface area contributed by atoms with Crippen LogP contribution < -0.4 is 9.64 Å². The third-order valence-corrected chi connectivity index (χ3v) is 5.95. The second-order valence-electron chi connectivity index (χ2n) is 7.05. The number of nitrogens with zero attached hydrogens (tertiary/aromatic N) is 9. The van der Waals surface area contributed by atoms with Crippen LogP contribution in [0, 0.1) is 0 Å². The maximum Gasteiger partial charge on any atom is 0.420 e. The molecule has 15 heteroatoms. The number of thiol groups is 1. The van der Waals surface area contributed by atoms with E-state index >= 15 is 0 Å². The number of H-pyrrole nitrogens is 2. The molecule has 172 valence electrons. The van der Waals surface area contributed by atoms with Crippen LogP contribution >= 0.6 is 24.0 Å². The molecule has 0 atom stereocenters. The summed E-state index contributed by atoms with van der Waals surface area (Å²) in [5.41, 5.74) is 1.47. The van der Waals surface area contributed by atoms with Gasteiger partial charge in [-0.1, -0.05) is 16.6 Å². The van der Waals surface area contributed by atoms with Gasteiger partial charge in [-0.3, -0.25) is 4.90 Å². The molecular formula is C19H17N11O2S2. The van der Waals surface area contributed by atoms with Crippen molar-refractivity contribution in [3.63, 3.8) is 0 Å². The molecular weight excluding hydrogens is 478 g/mol. The molecule has 0 aliphatic heterocycles. The van der Waals surface area contributed by atoms with Crippen LogP contribution in [0.1, 0.15) is 18.7 Å². The summed E-state index contributed by atoms with van der Waals surface area (Å²) >= 11 is 5.64. The van der Waals surface area contributed by atoms with Crippen molar-refractivity contribution in [2.24, 2.45) is 0 Å². The number of aromatic amines is 2. The Labute approximate surface area is 201 Å². The second-order valence-corrected chi connectivity index (χ2v) is 8.76. The smallest absolute Gasteiger partial charge is 0.410 e. The normalized spacial score (nSPS) is 11.1. The monoisotopic (exact) mass is 495 g/mol. The average Bonchev–Trinajstić information content (AvgIpc) is 3.61. The Morgan fingerprint density at radius 2 is 1.82 bits per heavy atom. The molecule has 0 spiro atoms. The van der Waals surface area contributed by atoms with Crippen LogP contribution in [0.3, 0.4) is 0 Å². The largest absolute Gasteiger partial charge is 0.420 e. The third kappa shape index (κ3) is 4.99. The zero-order valence-corrected chi connectivity index (χ0v) is 19.2. The second kappa shape index (κ2) is 9.88. The molecule has 4 aromatic heterocycles. The summed E-state index contributed by atoms with van der Waals surface area (Å²) < 4.78 is 6.25. The van der Waals surface area contributed by atoms with E-state index in [1.165, 1.54) is 16.2 Å². The molecule has 0 radical (unpaired) electrons. The van der Waals surface area contributed by atoms with E-state index in [1.54, 1.807) is 30.3 Å². The fourth-order valence-corrected chi connectivity index (χ4v) is 4.24. The molecule has 34 heavy (non-hydrogen) atoms. The predicted molar refractivity (Wildman–Crippen MR) is 125 cm³/mol. The highest BCUT2D eigenvalue weighted by Gasteiger charge is 2.20. The van der Waals surface area contributed by atoms with Gasteiger partial charge >= 0.3 is 6.09 Å². The number of benzene rings is 1. The number of thiazole rings is 1. The first-order valence-corrected chi connectivity index (χ1v) is 11.4. The number of nitrogens with one attached hydrogen (secondary N) is 2. The van der Waals surface area contributed by atoms with Crippen molar-refractivity contribution in [2.75, 3.05) is 11.4 Å². The molecule has 5 rings (SSSR count). The molecule has 0 bridgehead atoms. The number of carbonyl (C=O) groups is 1. The van der Waals surface area contributed by atoms with Gasteiger partial charge in [0.2, 0.25) is 5.82 Å². The topological polar surface area (TPSA) is 164 Å². The minimum atomic E-state index is -0.547. The summed E-state index contributed by atoms with van der Waals surface area (Å²) in [5.74, 6) is 1.93. The number of unbranched alkanes of at least 4 members (excludes halogenated alkanes) is 1. The summed E-state index contributed by atoms with van der Waals surface area (Å²) in [5, 5.41) is 27.7. The van der Waals surface area contributed by atoms with Gasteiger partial charge in [0.1, 0.15) is 26.3 Å². The molecule has 0 unspecified atom stereocenters. The first kappa shape index (κ1) is 21.8. The Morgan fingerprint density at radius 3 is 2.59 bits per heavy atom. The summed E-state index contributed by atoms with van der Waals surface area (Å²) in [4.78, 5) is 24.2. The van der Waals surface area contributed by atoms with Gasteiger partial charge in [0, 0.05) is 18.5 Å². The van der Waals surface area contributed by atoms with E-state index in [0.29, 0.717) is 51.8 Å². The number of carbonyl (C=O) groups excluding carboxylic acids is 1. The zero-order valence-electron chi connectivity index (χ0n) is 17.5. The summed E-state index contributed by atoms with van der Waals surface area (Å²) in [7, 11) is 0. The van der Waals surface area contributed by atoms with Crippen LogP contribution in [0.25, 0.3) is 21.7 Å². The number of hydrogen-bond acceptors (Lipinski definition) is 12. The molecule has 0 aliphatic carbocycles. The lowest BCUT2D eigenvalue weighted by Gasteiger charge is -2.21. The molecule has 1 aromatic carbocycles. The molecule has 0 fully saturated rings. The summed E-state index contributed by atoms with van der Waals surface area (Å²) in [6, 6.07) is 10.4. The molecule has 2 N–H and O–H groups in total. The number of anilines is 1. The number of tetrazole rings is 2. The standard InChI is InChI=1S/C19H17N11O2S2/c31-19(32-12-6-4-11(5-7-12)16-24-28-29-25-16)30(10-2-1-3-14-22-26-27-23-14)15-9-8-13-17(21-15)34-18(33)20-13/h4-9H,1-3,10H2,(H,20,33)(H,22,23,26,27)(H,24,25,28,29). The van der Waals surface area contributed by atoms with E-state index in [4.69, 9.17) is 4.74 Å². The molecule has 13 nitrogen and oxygen atoms in total. The molecule has 0 saturated heterocycles. The minimum Gasteiger partial charge on any atom is -0.410 e. The quantitative estimate of drug-likeness (QED) is 0.215. The number of fused-ring (bicyclic) bond motifs is 1. The van der Waals surface area contributed by atoms with Crippen molar-refractivity contribution in [1.82, 2.24) is 51.2 Å². The highest BCUT2D eigenvalue weighted by molar-refractivity contribution is 7.82. The van der Waals surface area contributed by atoms with Crippen molar-refractivity contribution in [2.45, 2.75) is 23.6 Å². The molecule has 1 amide bonds. The Morgan fingerprint density at radius 1 is 1.00 bits per heavy atom. The number of amides is 1. The lowest BCUT2D eigenvalue weighted by atomic mass is 10.2. The van der Waals surface area contributed by atoms with E-state index in [0.717, 1.165) is 17.5 Å². The Kier molecular flexibility index (Phi) is 6.35. The van der Waals surface area contributed by atoms with Crippen molar-refractivity contribution in [1.29, 1.82) is 0 Å². The molecule has 0 saturated carbocycles. The third-order valence-electron chi connectivity index (χ3n) is 4.81. The first-order valence-electron chi connectivity index (χ1n) is 10.2. The van der Waals surface area contributed by atoms with Gasteiger partial charge in [-0.05, 0) is 54.5 Å². The van der Waals surface area contributed by atoms with Gasteiger partial charge < -0.3 is 4.74 Å². The fourth-order valence-electron chi connectivity index (χ4n) is 3.20. The number of pyridine rings is 1. The lowest BCUT2D eigenvalue weighted by molar-refractivity contribution is 0.207. The number of aromatic nitrogens is 10. The maximum atomic E-state index is 13.1. The van der Waals surface area contributed by atoms with E-state index in [1.807, 2.05) is 6.07 Å². The first-order chi connectivity index (χ1) is 16.7. The maximum absolute atomic E-state index is 13.1. The SMILES string of the molecule is O=C(Oc1ccc(-c2nn[nH]n2)cc1)N(CCCCc1nn[nH]n1)c1ccc2nc(S)sc2n1. The Balaban J connectivity index is 1.32. The van der Waals surface area contributed by atoms with Crippen LogP contribution in [-0.4, -0.2) is 63.9 Å².